The number of carboxylic acid groups (broad SMARTS) is 1. The molecule has 0 radical (unpaired) electrons. The van der Waals surface area contributed by atoms with Gasteiger partial charge in [0.15, 0.2) is 0 Å². The third-order valence-electron chi connectivity index (χ3n) is 5.03. The van der Waals surface area contributed by atoms with Crippen LogP contribution in [-0.4, -0.2) is 22.9 Å². The third-order valence-corrected chi connectivity index (χ3v) is 5.77. The maximum Gasteiger partial charge on any atom is 0.307 e. The highest BCUT2D eigenvalue weighted by molar-refractivity contribution is 6.42. The third kappa shape index (κ3) is 5.08. The quantitative estimate of drug-likeness (QED) is 0.611. The van der Waals surface area contributed by atoms with Gasteiger partial charge in [0.05, 0.1) is 33.1 Å². The molecule has 1 aliphatic rings. The van der Waals surface area contributed by atoms with Crippen LogP contribution in [0.15, 0.2) is 42.5 Å². The van der Waals surface area contributed by atoms with Crippen LogP contribution in [0.2, 0.25) is 10.0 Å². The standard InChI is InChI=1S/C21H20Cl2N2O4/c22-16-10-9-12(11-17(16)23)24-20(27)15-7-3-4-8-18(15)25-19(26)13-5-1-2-6-14(13)21(28)29/h3-4,7-11,13-14H,1-2,5-6H2,(H,24,27)(H,25,26)(H,28,29)/t13-,14+/m0/s1. The molecule has 3 rings (SSSR count). The molecular weight excluding hydrogens is 415 g/mol. The number of rotatable bonds is 5. The second-order valence-corrected chi connectivity index (χ2v) is 7.77. The van der Waals surface area contributed by atoms with Crippen molar-refractivity contribution in [3.05, 3.63) is 58.1 Å². The maximum absolute atomic E-state index is 12.8. The van der Waals surface area contributed by atoms with Crippen LogP contribution in [0, 0.1) is 11.8 Å². The Hall–Kier alpha value is -2.57. The molecule has 0 aliphatic heterocycles. The van der Waals surface area contributed by atoms with Gasteiger partial charge in [0, 0.05) is 5.69 Å². The highest BCUT2D eigenvalue weighted by atomic mass is 35.5. The van der Waals surface area contributed by atoms with E-state index in [1.165, 1.54) is 6.07 Å². The zero-order valence-corrected chi connectivity index (χ0v) is 17.0. The van der Waals surface area contributed by atoms with Crippen LogP contribution in [0.4, 0.5) is 11.4 Å². The SMILES string of the molecule is O=C(Nc1ccc(Cl)c(Cl)c1)c1ccccc1NC(=O)[C@H]1CCCC[C@H]1C(=O)O. The summed E-state index contributed by atoms with van der Waals surface area (Å²) in [6, 6.07) is 11.3. The highest BCUT2D eigenvalue weighted by Gasteiger charge is 2.36. The topological polar surface area (TPSA) is 95.5 Å². The van der Waals surface area contributed by atoms with Gasteiger partial charge in [0.25, 0.3) is 5.91 Å². The second kappa shape index (κ2) is 9.29. The van der Waals surface area contributed by atoms with Crippen molar-refractivity contribution in [1.82, 2.24) is 0 Å². The molecule has 0 spiro atoms. The van der Waals surface area contributed by atoms with E-state index in [1.807, 2.05) is 0 Å². The van der Waals surface area contributed by atoms with Crippen LogP contribution in [0.25, 0.3) is 0 Å². The molecule has 0 heterocycles. The molecule has 3 N–H and O–H groups in total. The Morgan fingerprint density at radius 3 is 2.28 bits per heavy atom. The smallest absolute Gasteiger partial charge is 0.307 e. The summed E-state index contributed by atoms with van der Waals surface area (Å²) in [6.07, 6.45) is 2.60. The molecule has 2 aromatic carbocycles. The van der Waals surface area contributed by atoms with Gasteiger partial charge < -0.3 is 15.7 Å². The van der Waals surface area contributed by atoms with E-state index in [2.05, 4.69) is 10.6 Å². The lowest BCUT2D eigenvalue weighted by molar-refractivity contribution is -0.147. The lowest BCUT2D eigenvalue weighted by atomic mass is 9.78. The van der Waals surface area contributed by atoms with Crippen molar-refractivity contribution in [2.75, 3.05) is 10.6 Å². The first-order chi connectivity index (χ1) is 13.9. The van der Waals surface area contributed by atoms with E-state index < -0.39 is 23.7 Å². The molecule has 0 saturated heterocycles. The van der Waals surface area contributed by atoms with Gasteiger partial charge in [-0.1, -0.05) is 48.2 Å². The van der Waals surface area contributed by atoms with Crippen molar-refractivity contribution in [3.8, 4) is 0 Å². The summed E-state index contributed by atoms with van der Waals surface area (Å²) in [7, 11) is 0. The Kier molecular flexibility index (Phi) is 6.77. The number of anilines is 2. The molecule has 2 aromatic rings. The van der Waals surface area contributed by atoms with Gasteiger partial charge in [0.1, 0.15) is 0 Å². The van der Waals surface area contributed by atoms with Crippen LogP contribution in [0.1, 0.15) is 36.0 Å². The van der Waals surface area contributed by atoms with Gasteiger partial charge in [-0.25, -0.2) is 0 Å². The maximum atomic E-state index is 12.8. The van der Waals surface area contributed by atoms with Gasteiger partial charge in [-0.3, -0.25) is 14.4 Å². The second-order valence-electron chi connectivity index (χ2n) is 6.95. The van der Waals surface area contributed by atoms with E-state index >= 15 is 0 Å². The minimum absolute atomic E-state index is 0.259. The molecule has 1 aliphatic carbocycles. The normalized spacial score (nSPS) is 18.7. The van der Waals surface area contributed by atoms with Crippen LogP contribution < -0.4 is 10.6 Å². The van der Waals surface area contributed by atoms with Crippen LogP contribution in [0.3, 0.4) is 0 Å². The first-order valence-corrected chi connectivity index (χ1v) is 10.0. The number of carbonyl (C=O) groups is 3. The summed E-state index contributed by atoms with van der Waals surface area (Å²) in [5.41, 5.74) is 1.04. The minimum Gasteiger partial charge on any atom is -0.481 e. The summed E-state index contributed by atoms with van der Waals surface area (Å²) in [5, 5.41) is 15.6. The Morgan fingerprint density at radius 1 is 0.897 bits per heavy atom. The van der Waals surface area contributed by atoms with E-state index in [0.29, 0.717) is 34.3 Å². The van der Waals surface area contributed by atoms with Crippen molar-refractivity contribution < 1.29 is 19.5 Å². The Labute approximate surface area is 178 Å². The largest absolute Gasteiger partial charge is 0.481 e. The fourth-order valence-electron chi connectivity index (χ4n) is 3.53. The summed E-state index contributed by atoms with van der Waals surface area (Å²) in [6.45, 7) is 0. The number of hydrogen-bond acceptors (Lipinski definition) is 3. The first kappa shape index (κ1) is 21.1. The minimum atomic E-state index is -0.963. The predicted octanol–water partition coefficient (Wildman–Crippen LogP) is 5.08. The fourth-order valence-corrected chi connectivity index (χ4v) is 3.83. The number of benzene rings is 2. The molecule has 2 amide bonds. The van der Waals surface area contributed by atoms with Crippen molar-refractivity contribution in [1.29, 1.82) is 0 Å². The zero-order chi connectivity index (χ0) is 21.0. The number of hydrogen-bond donors (Lipinski definition) is 3. The van der Waals surface area contributed by atoms with Crippen molar-refractivity contribution >= 4 is 52.4 Å². The van der Waals surface area contributed by atoms with E-state index in [4.69, 9.17) is 23.2 Å². The molecule has 1 saturated carbocycles. The molecule has 6 nitrogen and oxygen atoms in total. The first-order valence-electron chi connectivity index (χ1n) is 9.26. The lowest BCUT2D eigenvalue weighted by Gasteiger charge is -2.27. The molecule has 1 fully saturated rings. The average molecular weight is 435 g/mol. The summed E-state index contributed by atoms with van der Waals surface area (Å²) >= 11 is 11.9. The van der Waals surface area contributed by atoms with E-state index in [0.717, 1.165) is 12.8 Å². The summed E-state index contributed by atoms with van der Waals surface area (Å²) in [4.78, 5) is 37.0. The predicted molar refractivity (Wildman–Crippen MR) is 113 cm³/mol. The van der Waals surface area contributed by atoms with Gasteiger partial charge in [-0.15, -0.1) is 0 Å². The van der Waals surface area contributed by atoms with Gasteiger partial charge in [-0.2, -0.15) is 0 Å². The van der Waals surface area contributed by atoms with Crippen molar-refractivity contribution in [2.45, 2.75) is 25.7 Å². The van der Waals surface area contributed by atoms with Crippen LogP contribution in [-0.2, 0) is 9.59 Å². The van der Waals surface area contributed by atoms with Crippen molar-refractivity contribution in [3.63, 3.8) is 0 Å². The Morgan fingerprint density at radius 2 is 1.59 bits per heavy atom. The van der Waals surface area contributed by atoms with Gasteiger partial charge in [-0.05, 0) is 43.2 Å². The molecule has 2 atom stereocenters. The van der Waals surface area contributed by atoms with Gasteiger partial charge in [0.2, 0.25) is 5.91 Å². The molecule has 8 heteroatoms. The number of halogens is 2. The molecular formula is C21H20Cl2N2O4. The number of amides is 2. The number of para-hydroxylation sites is 1. The van der Waals surface area contributed by atoms with Crippen LogP contribution >= 0.6 is 23.2 Å². The summed E-state index contributed by atoms with van der Waals surface area (Å²) < 4.78 is 0. The number of aliphatic carboxylic acids is 1. The average Bonchev–Trinajstić information content (AvgIpc) is 2.71. The van der Waals surface area contributed by atoms with Crippen LogP contribution in [0.5, 0.6) is 0 Å². The van der Waals surface area contributed by atoms with Gasteiger partial charge >= 0.3 is 5.97 Å². The summed E-state index contributed by atoms with van der Waals surface area (Å²) in [5.74, 6) is -3.10. The molecule has 29 heavy (non-hydrogen) atoms. The molecule has 0 aromatic heterocycles. The lowest BCUT2D eigenvalue weighted by Crippen LogP contribution is -2.36. The number of nitrogens with one attached hydrogen (secondary N) is 2. The Balaban J connectivity index is 1.77. The zero-order valence-electron chi connectivity index (χ0n) is 15.5. The van der Waals surface area contributed by atoms with Crippen molar-refractivity contribution in [2.24, 2.45) is 11.8 Å². The van der Waals surface area contributed by atoms with E-state index in [1.54, 1.807) is 36.4 Å². The number of carboxylic acids is 1. The highest BCUT2D eigenvalue weighted by Crippen LogP contribution is 2.32. The van der Waals surface area contributed by atoms with E-state index in [-0.39, 0.29) is 11.5 Å². The Bertz CT molecular complexity index is 948. The molecule has 0 bridgehead atoms. The van der Waals surface area contributed by atoms with E-state index in [9.17, 15) is 19.5 Å². The fraction of sp³-hybridized carbons (Fsp3) is 0.286. The monoisotopic (exact) mass is 434 g/mol. The molecule has 152 valence electrons. The number of carbonyl (C=O) groups excluding carboxylic acids is 2. The molecule has 0 unspecified atom stereocenters.